The third kappa shape index (κ3) is 2.33. The lowest BCUT2D eigenvalue weighted by Gasteiger charge is -2.40. The summed E-state index contributed by atoms with van der Waals surface area (Å²) in [5, 5.41) is 5.44. The molecule has 0 N–H and O–H groups in total. The second-order valence-corrected chi connectivity index (χ2v) is 10.1. The fourth-order valence-electron chi connectivity index (χ4n) is 5.84. The Morgan fingerprint density at radius 1 is 0.750 bits per heavy atom. The highest BCUT2D eigenvalue weighted by molar-refractivity contribution is 6.31. The summed E-state index contributed by atoms with van der Waals surface area (Å²) in [4.78, 5) is 2.20. The Balaban J connectivity index is 1.91. The first-order valence-corrected chi connectivity index (χ1v) is 11.4. The van der Waals surface area contributed by atoms with Crippen LogP contribution >= 0.6 is 0 Å². The van der Waals surface area contributed by atoms with Gasteiger partial charge in [-0.2, -0.15) is 0 Å². The number of rotatable bonds is 1. The van der Waals surface area contributed by atoms with Gasteiger partial charge in [0, 0.05) is 36.7 Å². The first-order chi connectivity index (χ1) is 15.3. The first kappa shape index (κ1) is 19.3. The van der Waals surface area contributed by atoms with Crippen LogP contribution in [-0.2, 0) is 5.41 Å². The van der Waals surface area contributed by atoms with Gasteiger partial charge in [0.05, 0.1) is 5.56 Å². The van der Waals surface area contributed by atoms with Crippen LogP contribution in [0.2, 0.25) is 0 Å². The molecular formula is C30H29N2+. The number of hydrogen-bond acceptors (Lipinski definition) is 1. The van der Waals surface area contributed by atoms with E-state index in [-0.39, 0.29) is 5.41 Å². The smallest absolute Gasteiger partial charge is 0.207 e. The molecule has 32 heavy (non-hydrogen) atoms. The van der Waals surface area contributed by atoms with Gasteiger partial charge in [-0.05, 0) is 62.2 Å². The molecule has 4 aromatic rings. The highest BCUT2D eigenvalue weighted by Crippen LogP contribution is 2.56. The van der Waals surface area contributed by atoms with E-state index in [2.05, 4.69) is 118 Å². The predicted molar refractivity (Wildman–Crippen MR) is 138 cm³/mol. The minimum Gasteiger partial charge on any atom is -0.378 e. The van der Waals surface area contributed by atoms with Crippen LogP contribution in [-0.4, -0.2) is 38.5 Å². The van der Waals surface area contributed by atoms with Gasteiger partial charge in [-0.3, -0.25) is 0 Å². The monoisotopic (exact) mass is 417 g/mol. The van der Waals surface area contributed by atoms with E-state index in [1.54, 1.807) is 0 Å². The molecule has 0 saturated heterocycles. The van der Waals surface area contributed by atoms with Crippen LogP contribution in [0.3, 0.4) is 0 Å². The third-order valence-corrected chi connectivity index (χ3v) is 7.49. The topological polar surface area (TPSA) is 6.25 Å². The Morgan fingerprint density at radius 2 is 1.47 bits per heavy atom. The van der Waals surface area contributed by atoms with Gasteiger partial charge in [0.1, 0.15) is 14.1 Å². The van der Waals surface area contributed by atoms with Crippen molar-refractivity contribution in [2.45, 2.75) is 19.3 Å². The Labute approximate surface area is 190 Å². The molecule has 0 fully saturated rings. The van der Waals surface area contributed by atoms with Gasteiger partial charge in [-0.25, -0.2) is 4.58 Å². The van der Waals surface area contributed by atoms with Crippen LogP contribution in [0, 0.1) is 0 Å². The van der Waals surface area contributed by atoms with E-state index in [1.807, 2.05) is 0 Å². The molecular weight excluding hydrogens is 388 g/mol. The van der Waals surface area contributed by atoms with Crippen LogP contribution in [0.1, 0.15) is 30.5 Å². The zero-order valence-electron chi connectivity index (χ0n) is 19.7. The third-order valence-electron chi connectivity index (χ3n) is 7.49. The molecule has 0 aromatic heterocycles. The van der Waals surface area contributed by atoms with Crippen molar-refractivity contribution in [2.24, 2.45) is 0 Å². The van der Waals surface area contributed by atoms with Crippen LogP contribution in [0.4, 0.5) is 5.69 Å². The SMILES string of the molecule is CN(C)c1ccc2c(c1)C(C)(C)C1=CC(=[N+](C)C)c3cccc4c3c1c-2c1ccccc14. The molecule has 6 rings (SSSR count). The Hall–Kier alpha value is -3.39. The van der Waals surface area contributed by atoms with Gasteiger partial charge in [-0.1, -0.05) is 56.3 Å². The summed E-state index contributed by atoms with van der Waals surface area (Å²) in [6.07, 6.45) is 2.45. The number of anilines is 1. The molecule has 0 atom stereocenters. The van der Waals surface area contributed by atoms with Crippen molar-refractivity contribution < 1.29 is 4.58 Å². The van der Waals surface area contributed by atoms with E-state index in [0.29, 0.717) is 0 Å². The number of benzene rings is 4. The lowest BCUT2D eigenvalue weighted by Crippen LogP contribution is -2.29. The molecule has 2 aliphatic carbocycles. The Bertz CT molecular complexity index is 1530. The fourth-order valence-corrected chi connectivity index (χ4v) is 5.84. The molecule has 0 aliphatic heterocycles. The van der Waals surface area contributed by atoms with Crippen molar-refractivity contribution in [1.82, 2.24) is 0 Å². The minimum absolute atomic E-state index is 0.0987. The van der Waals surface area contributed by atoms with Gasteiger partial charge in [-0.15, -0.1) is 0 Å². The van der Waals surface area contributed by atoms with Crippen molar-refractivity contribution in [2.75, 3.05) is 33.1 Å². The van der Waals surface area contributed by atoms with E-state index >= 15 is 0 Å². The summed E-state index contributed by atoms with van der Waals surface area (Å²) < 4.78 is 2.27. The van der Waals surface area contributed by atoms with E-state index in [4.69, 9.17) is 0 Å². The quantitative estimate of drug-likeness (QED) is 0.254. The molecule has 0 saturated carbocycles. The average Bonchev–Trinajstić information content (AvgIpc) is 2.78. The highest BCUT2D eigenvalue weighted by atomic mass is 15.1. The van der Waals surface area contributed by atoms with Crippen LogP contribution in [0.25, 0.3) is 38.2 Å². The van der Waals surface area contributed by atoms with Gasteiger partial charge in [0.2, 0.25) is 5.71 Å². The normalized spacial score (nSPS) is 15.6. The number of nitrogens with zero attached hydrogens (tertiary/aromatic N) is 2. The molecule has 0 unspecified atom stereocenters. The second-order valence-electron chi connectivity index (χ2n) is 10.1. The summed E-state index contributed by atoms with van der Waals surface area (Å²) in [6, 6.07) is 22.8. The molecule has 4 aromatic carbocycles. The molecule has 0 bridgehead atoms. The van der Waals surface area contributed by atoms with E-state index < -0.39 is 0 Å². The number of hydrogen-bond donors (Lipinski definition) is 0. The van der Waals surface area contributed by atoms with Gasteiger partial charge in [0.25, 0.3) is 0 Å². The standard InChI is InChI=1S/C30H29N2/c1-30(2)24-16-18(31(3)4)14-15-22(24)27-20-11-8-7-10-19(20)21-12-9-13-23-26(32(5)6)17-25(30)29(27)28(21)23/h7-17H,1-6H3/q+1. The van der Waals surface area contributed by atoms with E-state index in [9.17, 15) is 0 Å². The molecule has 0 radical (unpaired) electrons. The van der Waals surface area contributed by atoms with Crippen molar-refractivity contribution in [3.05, 3.63) is 83.4 Å². The predicted octanol–water partition coefficient (Wildman–Crippen LogP) is 6.48. The maximum atomic E-state index is 2.45. The lowest BCUT2D eigenvalue weighted by atomic mass is 9.62. The number of fused-ring (bicyclic) bond motifs is 5. The molecule has 0 heterocycles. The molecule has 2 aliphatic rings. The fraction of sp³-hybridized carbons (Fsp3) is 0.233. The molecule has 0 spiro atoms. The lowest BCUT2D eigenvalue weighted by molar-refractivity contribution is -0.463. The average molecular weight is 418 g/mol. The van der Waals surface area contributed by atoms with Crippen LogP contribution in [0.5, 0.6) is 0 Å². The van der Waals surface area contributed by atoms with Crippen LogP contribution < -0.4 is 4.90 Å². The minimum atomic E-state index is -0.0987. The number of allylic oxidation sites excluding steroid dienone is 2. The Kier molecular flexibility index (Phi) is 3.81. The summed E-state index contributed by atoms with van der Waals surface area (Å²) in [5.41, 5.74) is 10.8. The summed E-state index contributed by atoms with van der Waals surface area (Å²) in [6.45, 7) is 4.78. The van der Waals surface area contributed by atoms with Crippen molar-refractivity contribution in [1.29, 1.82) is 0 Å². The van der Waals surface area contributed by atoms with E-state index in [0.717, 1.165) is 0 Å². The highest BCUT2D eigenvalue weighted by Gasteiger charge is 2.41. The van der Waals surface area contributed by atoms with Gasteiger partial charge < -0.3 is 4.90 Å². The molecule has 0 amide bonds. The zero-order valence-corrected chi connectivity index (χ0v) is 19.7. The van der Waals surface area contributed by atoms with Crippen LogP contribution in [0.15, 0.2) is 66.7 Å². The Morgan fingerprint density at radius 3 is 2.19 bits per heavy atom. The second kappa shape index (κ2) is 6.32. The van der Waals surface area contributed by atoms with Gasteiger partial charge in [0.15, 0.2) is 0 Å². The molecule has 2 nitrogen and oxygen atoms in total. The molecule has 158 valence electrons. The van der Waals surface area contributed by atoms with Crippen molar-refractivity contribution >= 4 is 38.5 Å². The maximum absolute atomic E-state index is 2.45. The summed E-state index contributed by atoms with van der Waals surface area (Å²) >= 11 is 0. The first-order valence-electron chi connectivity index (χ1n) is 11.4. The van der Waals surface area contributed by atoms with Gasteiger partial charge >= 0.3 is 0 Å². The largest absolute Gasteiger partial charge is 0.378 e. The summed E-state index contributed by atoms with van der Waals surface area (Å²) in [7, 11) is 8.56. The molecule has 2 heteroatoms. The van der Waals surface area contributed by atoms with Crippen molar-refractivity contribution in [3.63, 3.8) is 0 Å². The maximum Gasteiger partial charge on any atom is 0.207 e. The van der Waals surface area contributed by atoms with E-state index in [1.165, 1.54) is 66.3 Å². The van der Waals surface area contributed by atoms with Crippen molar-refractivity contribution in [3.8, 4) is 11.1 Å². The zero-order chi connectivity index (χ0) is 22.4. The summed E-state index contributed by atoms with van der Waals surface area (Å²) in [5.74, 6) is 0.